The number of benzene rings is 1. The van der Waals surface area contributed by atoms with Gasteiger partial charge in [0.2, 0.25) is 0 Å². The average Bonchev–Trinajstić information content (AvgIpc) is 2.45. The fourth-order valence-corrected chi connectivity index (χ4v) is 1.93. The van der Waals surface area contributed by atoms with Gasteiger partial charge in [0.25, 0.3) is 0 Å². The van der Waals surface area contributed by atoms with Crippen molar-refractivity contribution in [3.05, 3.63) is 24.3 Å². The number of hydrogen-bond donors (Lipinski definition) is 2. The van der Waals surface area contributed by atoms with Crippen LogP contribution in [0, 0.1) is 0 Å². The van der Waals surface area contributed by atoms with Crippen LogP contribution in [0.5, 0.6) is 5.75 Å². The molecular weight excluding hydrogens is 344 g/mol. The van der Waals surface area contributed by atoms with Crippen molar-refractivity contribution in [2.24, 2.45) is 0 Å². The van der Waals surface area contributed by atoms with Crippen molar-refractivity contribution in [3.8, 4) is 5.75 Å². The van der Waals surface area contributed by atoms with Gasteiger partial charge in [-0.25, -0.2) is 0 Å². The lowest BCUT2D eigenvalue weighted by Gasteiger charge is -2.29. The Hall–Kier alpha value is -0.940. The fourth-order valence-electron chi connectivity index (χ4n) is 1.08. The van der Waals surface area contributed by atoms with Crippen LogP contribution in [0.2, 0.25) is 0 Å². The van der Waals surface area contributed by atoms with E-state index < -0.39 is 40.5 Å². The van der Waals surface area contributed by atoms with E-state index in [-0.39, 0.29) is 5.75 Å². The van der Waals surface area contributed by atoms with E-state index in [0.717, 1.165) is 0 Å². The quantitative estimate of drug-likeness (QED) is 0.545. The molecule has 0 aromatic heterocycles. The monoisotopic (exact) mass is 353 g/mol. The van der Waals surface area contributed by atoms with Crippen molar-refractivity contribution in [2.45, 2.75) is 16.4 Å². The molecule has 0 radical (unpaired) electrons. The lowest BCUT2D eigenvalue weighted by atomic mass is 10.3. The van der Waals surface area contributed by atoms with E-state index in [2.05, 4.69) is 9.50 Å². The molecule has 0 bridgehead atoms. The van der Waals surface area contributed by atoms with Crippen molar-refractivity contribution < 1.29 is 35.1 Å². The highest BCUT2D eigenvalue weighted by atomic mass is 32.2. The summed E-state index contributed by atoms with van der Waals surface area (Å²) in [5, 5.41) is -7.98. The molecular formula is C10H9F6NO2S2. The average molecular weight is 353 g/mol. The molecule has 21 heavy (non-hydrogen) atoms. The first kappa shape index (κ1) is 18.1. The van der Waals surface area contributed by atoms with Crippen LogP contribution in [0.15, 0.2) is 24.3 Å². The first-order valence-electron chi connectivity index (χ1n) is 5.17. The predicted molar refractivity (Wildman–Crippen MR) is 69.3 cm³/mol. The van der Waals surface area contributed by atoms with Crippen LogP contribution >= 0.6 is 24.1 Å². The molecule has 0 saturated carbocycles. The minimum absolute atomic E-state index is 0.234. The van der Waals surface area contributed by atoms with E-state index in [1.807, 2.05) is 0 Å². The molecule has 0 spiro atoms. The lowest BCUT2D eigenvalue weighted by Crippen LogP contribution is -2.50. The van der Waals surface area contributed by atoms with Gasteiger partial charge in [-0.15, -0.1) is 0 Å². The highest BCUT2D eigenvalue weighted by Crippen LogP contribution is 2.54. The summed E-state index contributed by atoms with van der Waals surface area (Å²) >= 11 is -2.77. The molecule has 2 N–H and O–H groups in total. The van der Waals surface area contributed by atoms with E-state index >= 15 is 0 Å². The first-order chi connectivity index (χ1) is 9.57. The van der Waals surface area contributed by atoms with Crippen LogP contribution in [-0.4, -0.2) is 28.0 Å². The van der Waals surface area contributed by atoms with Crippen LogP contribution < -0.4 is 9.50 Å². The Morgan fingerprint density at radius 2 is 1.71 bits per heavy atom. The number of nitrogens with one attached hydrogen (secondary N) is 1. The van der Waals surface area contributed by atoms with E-state index in [1.54, 1.807) is 6.07 Å². The third-order valence-electron chi connectivity index (χ3n) is 2.21. The molecule has 0 unspecified atom stereocenters. The molecule has 0 aliphatic rings. The van der Waals surface area contributed by atoms with Crippen LogP contribution in [0.25, 0.3) is 0 Å². The number of hydrogen-bond acceptors (Lipinski definition) is 5. The van der Waals surface area contributed by atoms with Gasteiger partial charge in [-0.2, -0.15) is 26.3 Å². The van der Waals surface area contributed by atoms with Crippen molar-refractivity contribution in [2.75, 3.05) is 12.4 Å². The van der Waals surface area contributed by atoms with Gasteiger partial charge in [0.1, 0.15) is 17.8 Å². The molecule has 0 atom stereocenters. The molecule has 0 fully saturated rings. The zero-order chi connectivity index (χ0) is 16.3. The first-order valence-corrected chi connectivity index (χ1v) is 6.68. The Morgan fingerprint density at radius 3 is 2.24 bits per heavy atom. The van der Waals surface area contributed by atoms with Gasteiger partial charge in [-0.05, 0) is 12.1 Å². The van der Waals surface area contributed by atoms with Crippen molar-refractivity contribution in [1.29, 1.82) is 0 Å². The Morgan fingerprint density at radius 1 is 1.10 bits per heavy atom. The summed E-state index contributed by atoms with van der Waals surface area (Å²) in [4.78, 5) is 0. The highest BCUT2D eigenvalue weighted by molar-refractivity contribution is 7.96. The third-order valence-corrected chi connectivity index (χ3v) is 3.44. The number of halogens is 6. The number of alkyl halides is 6. The van der Waals surface area contributed by atoms with Crippen LogP contribution in [0.4, 0.5) is 32.0 Å². The smallest absolute Gasteiger partial charge is 0.398 e. The summed E-state index contributed by atoms with van der Waals surface area (Å²) in [5.41, 5.74) is 0.444. The van der Waals surface area contributed by atoms with Gasteiger partial charge in [0.05, 0.1) is 12.0 Å². The van der Waals surface area contributed by atoms with Crippen LogP contribution in [-0.2, 0) is 0 Å². The van der Waals surface area contributed by atoms with Crippen molar-refractivity contribution in [1.82, 2.24) is 0 Å². The number of anilines is 1. The topological polar surface area (TPSA) is 41.5 Å². The normalized spacial score (nSPS) is 13.1. The van der Waals surface area contributed by atoms with Crippen LogP contribution in [0.3, 0.4) is 0 Å². The van der Waals surface area contributed by atoms with Gasteiger partial charge in [-0.1, -0.05) is 6.07 Å². The molecule has 1 rings (SSSR count). The minimum Gasteiger partial charge on any atom is -0.419 e. The maximum atomic E-state index is 13.2. The molecule has 0 amide bonds. The summed E-state index contributed by atoms with van der Waals surface area (Å²) in [6, 6.07) is 5.32. The molecule has 0 saturated heterocycles. The van der Waals surface area contributed by atoms with E-state index in [9.17, 15) is 26.3 Å². The number of rotatable bonds is 7. The second-order valence-corrected chi connectivity index (χ2v) is 5.19. The molecule has 0 aliphatic heterocycles. The summed E-state index contributed by atoms with van der Waals surface area (Å²) in [6.45, 7) is 0. The molecule has 3 nitrogen and oxygen atoms in total. The van der Waals surface area contributed by atoms with Crippen LogP contribution in [0.1, 0.15) is 0 Å². The van der Waals surface area contributed by atoms with Gasteiger partial charge >= 0.3 is 16.4 Å². The highest BCUT2D eigenvalue weighted by Gasteiger charge is 2.74. The predicted octanol–water partition coefficient (Wildman–Crippen LogP) is 4.78. The summed E-state index contributed by atoms with van der Waals surface area (Å²) in [5.74, 6) is -6.05. The van der Waals surface area contributed by atoms with E-state index in [4.69, 9.17) is 4.55 Å². The summed E-state index contributed by atoms with van der Waals surface area (Å²) in [7, 11) is 1.52. The minimum atomic E-state index is -5.81. The zero-order valence-corrected chi connectivity index (χ0v) is 11.9. The molecule has 11 heteroatoms. The van der Waals surface area contributed by atoms with E-state index in [0.29, 0.717) is 5.69 Å². The molecule has 1 aromatic carbocycles. The zero-order valence-electron chi connectivity index (χ0n) is 10.2. The van der Waals surface area contributed by atoms with Gasteiger partial charge < -0.3 is 14.1 Å². The Balaban J connectivity index is 2.85. The second-order valence-electron chi connectivity index (χ2n) is 3.64. The summed E-state index contributed by atoms with van der Waals surface area (Å²) in [6.07, 6.45) is 0. The van der Waals surface area contributed by atoms with Gasteiger partial charge in [0.15, 0.2) is 0 Å². The molecule has 120 valence electrons. The summed E-state index contributed by atoms with van der Waals surface area (Å²) < 4.78 is 90.3. The lowest BCUT2D eigenvalue weighted by molar-refractivity contribution is -0.239. The standard InChI is InChI=1S/C10H9F6NO2S2/c1-17-6-3-2-4-7(5-6)19-21-10(15,16)8(11,12)9(13,14)20-18/h2-5,17-18H,1H3. The second kappa shape index (κ2) is 6.44. The Labute approximate surface area is 124 Å². The SMILES string of the molecule is CNc1cccc(OSC(F)(F)C(F)(F)C(F)(F)SO)c1. The van der Waals surface area contributed by atoms with Crippen molar-refractivity contribution in [3.63, 3.8) is 0 Å². The largest absolute Gasteiger partial charge is 0.419 e. The maximum Gasteiger partial charge on any atom is 0.398 e. The molecule has 0 heterocycles. The Kier molecular flexibility index (Phi) is 5.56. The Bertz CT molecular complexity index is 488. The maximum absolute atomic E-state index is 13.2. The molecule has 0 aliphatic carbocycles. The van der Waals surface area contributed by atoms with Crippen molar-refractivity contribution >= 4 is 29.8 Å². The van der Waals surface area contributed by atoms with Gasteiger partial charge in [0, 0.05) is 18.8 Å². The molecule has 1 aromatic rings. The fraction of sp³-hybridized carbons (Fsp3) is 0.400. The van der Waals surface area contributed by atoms with E-state index in [1.165, 1.54) is 25.2 Å². The third kappa shape index (κ3) is 3.83. The van der Waals surface area contributed by atoms with Gasteiger partial charge in [-0.3, -0.25) is 0 Å².